The third kappa shape index (κ3) is 2.96. The summed E-state index contributed by atoms with van der Waals surface area (Å²) in [7, 11) is 2.06. The van der Waals surface area contributed by atoms with Gasteiger partial charge in [-0.15, -0.1) is 0 Å². The molecule has 0 fully saturated rings. The van der Waals surface area contributed by atoms with Crippen molar-refractivity contribution in [2.24, 2.45) is 0 Å². The first-order chi connectivity index (χ1) is 9.17. The maximum Gasteiger partial charge on any atom is 0.186 e. The summed E-state index contributed by atoms with van der Waals surface area (Å²) in [5.74, 6) is 0. The predicted octanol–water partition coefficient (Wildman–Crippen LogP) is 3.54. The number of anilines is 1. The Morgan fingerprint density at radius 2 is 2.00 bits per heavy atom. The summed E-state index contributed by atoms with van der Waals surface area (Å²) in [4.78, 5) is 7.81. The summed E-state index contributed by atoms with van der Waals surface area (Å²) in [6.07, 6.45) is 1.07. The quantitative estimate of drug-likeness (QED) is 0.907. The molecule has 0 bridgehead atoms. The van der Waals surface area contributed by atoms with Crippen LogP contribution in [-0.4, -0.2) is 23.2 Å². The van der Waals surface area contributed by atoms with Crippen LogP contribution < -0.4 is 4.90 Å². The molecular weight excluding hydrogens is 256 g/mol. The average molecular weight is 276 g/mol. The van der Waals surface area contributed by atoms with Crippen molar-refractivity contribution in [3.63, 3.8) is 0 Å². The van der Waals surface area contributed by atoms with Gasteiger partial charge in [0, 0.05) is 18.7 Å². The van der Waals surface area contributed by atoms with Gasteiger partial charge in [0.1, 0.15) is 0 Å². The smallest absolute Gasteiger partial charge is 0.186 e. The number of aliphatic hydroxyl groups excluding tert-OH is 1. The Balaban J connectivity index is 2.38. The van der Waals surface area contributed by atoms with Crippen molar-refractivity contribution in [2.45, 2.75) is 32.9 Å². The van der Waals surface area contributed by atoms with Crippen LogP contribution in [0.5, 0.6) is 0 Å². The predicted molar refractivity (Wildman–Crippen MR) is 81.6 cm³/mol. The molecule has 102 valence electrons. The molecule has 1 atom stereocenters. The van der Waals surface area contributed by atoms with Gasteiger partial charge >= 0.3 is 0 Å². The van der Waals surface area contributed by atoms with Gasteiger partial charge in [-0.3, -0.25) is 0 Å². The molecule has 1 aromatic carbocycles. The zero-order valence-electron chi connectivity index (χ0n) is 11.6. The van der Waals surface area contributed by atoms with Crippen molar-refractivity contribution in [3.8, 4) is 11.3 Å². The van der Waals surface area contributed by atoms with E-state index < -0.39 is 0 Å². The topological polar surface area (TPSA) is 36.4 Å². The molecule has 0 saturated carbocycles. The van der Waals surface area contributed by atoms with Gasteiger partial charge in [-0.1, -0.05) is 48.6 Å². The minimum atomic E-state index is 0.0379. The Kier molecular flexibility index (Phi) is 4.56. The van der Waals surface area contributed by atoms with Crippen LogP contribution in [0.1, 0.15) is 25.1 Å². The van der Waals surface area contributed by atoms with Gasteiger partial charge in [0.05, 0.1) is 17.2 Å². The summed E-state index contributed by atoms with van der Waals surface area (Å²) < 4.78 is 0. The second kappa shape index (κ2) is 6.17. The van der Waals surface area contributed by atoms with E-state index in [1.807, 2.05) is 30.3 Å². The minimum Gasteiger partial charge on any atom is -0.391 e. The lowest BCUT2D eigenvalue weighted by Gasteiger charge is -2.22. The van der Waals surface area contributed by atoms with Gasteiger partial charge in [0.25, 0.3) is 0 Å². The fourth-order valence-corrected chi connectivity index (χ4v) is 2.89. The largest absolute Gasteiger partial charge is 0.391 e. The molecule has 0 spiro atoms. The van der Waals surface area contributed by atoms with Gasteiger partial charge in [0.15, 0.2) is 5.13 Å². The lowest BCUT2D eigenvalue weighted by atomic mass is 10.1. The van der Waals surface area contributed by atoms with Crippen molar-refractivity contribution in [3.05, 3.63) is 35.2 Å². The maximum atomic E-state index is 9.52. The summed E-state index contributed by atoms with van der Waals surface area (Å²) in [5, 5.41) is 10.5. The molecule has 0 amide bonds. The first kappa shape index (κ1) is 14.0. The van der Waals surface area contributed by atoms with Crippen LogP contribution in [0.25, 0.3) is 11.3 Å². The molecule has 1 heterocycles. The highest BCUT2D eigenvalue weighted by Gasteiger charge is 2.17. The van der Waals surface area contributed by atoms with Gasteiger partial charge in [-0.05, 0) is 13.3 Å². The number of aromatic nitrogens is 1. The number of hydrogen-bond donors (Lipinski definition) is 1. The van der Waals surface area contributed by atoms with E-state index in [4.69, 9.17) is 4.98 Å². The zero-order chi connectivity index (χ0) is 13.8. The highest BCUT2D eigenvalue weighted by molar-refractivity contribution is 7.16. The van der Waals surface area contributed by atoms with Crippen LogP contribution in [-0.2, 0) is 6.61 Å². The number of nitrogens with zero attached hydrogens (tertiary/aromatic N) is 2. The molecule has 3 nitrogen and oxygen atoms in total. The summed E-state index contributed by atoms with van der Waals surface area (Å²) in [5.41, 5.74) is 1.96. The molecule has 4 heteroatoms. The van der Waals surface area contributed by atoms with Crippen molar-refractivity contribution in [1.82, 2.24) is 4.98 Å². The molecule has 0 aliphatic rings. The maximum absolute atomic E-state index is 9.52. The van der Waals surface area contributed by atoms with E-state index in [-0.39, 0.29) is 6.61 Å². The van der Waals surface area contributed by atoms with E-state index in [0.29, 0.717) is 6.04 Å². The van der Waals surface area contributed by atoms with E-state index in [1.54, 1.807) is 11.3 Å². The molecule has 1 unspecified atom stereocenters. The Labute approximate surface area is 118 Å². The molecule has 0 aliphatic heterocycles. The average Bonchev–Trinajstić information content (AvgIpc) is 2.90. The highest BCUT2D eigenvalue weighted by Crippen LogP contribution is 2.33. The zero-order valence-corrected chi connectivity index (χ0v) is 12.4. The highest BCUT2D eigenvalue weighted by atomic mass is 32.1. The van der Waals surface area contributed by atoms with Crippen LogP contribution in [0, 0.1) is 0 Å². The molecule has 1 N–H and O–H groups in total. The molecule has 0 saturated heterocycles. The van der Waals surface area contributed by atoms with Gasteiger partial charge in [0.2, 0.25) is 0 Å². The van der Waals surface area contributed by atoms with Crippen LogP contribution in [0.2, 0.25) is 0 Å². The number of aliphatic hydroxyl groups is 1. The Hall–Kier alpha value is -1.39. The monoisotopic (exact) mass is 276 g/mol. The van der Waals surface area contributed by atoms with Gasteiger partial charge in [-0.2, -0.15) is 0 Å². The van der Waals surface area contributed by atoms with E-state index in [2.05, 4.69) is 25.8 Å². The molecule has 19 heavy (non-hydrogen) atoms. The summed E-state index contributed by atoms with van der Waals surface area (Å²) in [6.45, 7) is 4.39. The lowest BCUT2D eigenvalue weighted by Crippen LogP contribution is -2.27. The lowest BCUT2D eigenvalue weighted by molar-refractivity contribution is 0.286. The van der Waals surface area contributed by atoms with Crippen molar-refractivity contribution in [1.29, 1.82) is 0 Å². The van der Waals surface area contributed by atoms with Crippen LogP contribution >= 0.6 is 11.3 Å². The molecule has 0 radical (unpaired) electrons. The number of thiazole rings is 1. The van der Waals surface area contributed by atoms with Gasteiger partial charge < -0.3 is 10.0 Å². The fourth-order valence-electron chi connectivity index (χ4n) is 1.88. The fraction of sp³-hybridized carbons (Fsp3) is 0.400. The number of benzene rings is 1. The number of hydrogen-bond acceptors (Lipinski definition) is 4. The number of rotatable bonds is 5. The molecular formula is C15H20N2OS. The summed E-state index contributed by atoms with van der Waals surface area (Å²) >= 11 is 1.57. The molecule has 2 rings (SSSR count). The third-order valence-electron chi connectivity index (χ3n) is 3.43. The minimum absolute atomic E-state index is 0.0379. The van der Waals surface area contributed by atoms with E-state index in [0.717, 1.165) is 27.7 Å². The molecule has 1 aromatic heterocycles. The Morgan fingerprint density at radius 1 is 1.32 bits per heavy atom. The standard InChI is InChI=1S/C15H20N2OS/c1-4-11(2)17(3)15-16-14(13(10-18)19-15)12-8-6-5-7-9-12/h5-9,11,18H,4,10H2,1-3H3. The second-order valence-electron chi connectivity index (χ2n) is 4.66. The first-order valence-corrected chi connectivity index (χ1v) is 7.37. The van der Waals surface area contributed by atoms with Gasteiger partial charge in [-0.25, -0.2) is 4.98 Å². The SMILES string of the molecule is CCC(C)N(C)c1nc(-c2ccccc2)c(CO)s1. The van der Waals surface area contributed by atoms with Crippen molar-refractivity contribution in [2.75, 3.05) is 11.9 Å². The Bertz CT molecular complexity index is 524. The van der Waals surface area contributed by atoms with Crippen LogP contribution in [0.15, 0.2) is 30.3 Å². The second-order valence-corrected chi connectivity index (χ2v) is 5.72. The Morgan fingerprint density at radius 3 is 2.58 bits per heavy atom. The first-order valence-electron chi connectivity index (χ1n) is 6.56. The normalized spacial score (nSPS) is 12.4. The summed E-state index contributed by atoms with van der Waals surface area (Å²) in [6, 6.07) is 10.5. The van der Waals surface area contributed by atoms with Crippen molar-refractivity contribution >= 4 is 16.5 Å². The van der Waals surface area contributed by atoms with Crippen molar-refractivity contribution < 1.29 is 5.11 Å². The molecule has 2 aromatic rings. The third-order valence-corrected chi connectivity index (χ3v) is 4.56. The van der Waals surface area contributed by atoms with E-state index >= 15 is 0 Å². The van der Waals surface area contributed by atoms with Crippen LogP contribution in [0.3, 0.4) is 0 Å². The van der Waals surface area contributed by atoms with Crippen LogP contribution in [0.4, 0.5) is 5.13 Å². The molecule has 0 aliphatic carbocycles. The van der Waals surface area contributed by atoms with E-state index in [1.165, 1.54) is 0 Å². The van der Waals surface area contributed by atoms with E-state index in [9.17, 15) is 5.11 Å².